The zero-order chi connectivity index (χ0) is 20.2. The third-order valence-corrected chi connectivity index (χ3v) is 5.25. The topological polar surface area (TPSA) is 81.9 Å². The van der Waals surface area contributed by atoms with Gasteiger partial charge in [0, 0.05) is 30.6 Å². The highest BCUT2D eigenvalue weighted by atomic mass is 16.5. The summed E-state index contributed by atoms with van der Waals surface area (Å²) in [6.07, 6.45) is 8.38. The minimum Gasteiger partial charge on any atom is -0.494 e. The minimum atomic E-state index is -0.166. The van der Waals surface area contributed by atoms with Crippen molar-refractivity contribution in [2.45, 2.75) is 39.0 Å². The number of benzene rings is 1. The molecule has 0 unspecified atom stereocenters. The van der Waals surface area contributed by atoms with Crippen LogP contribution in [-0.2, 0) is 19.3 Å². The van der Waals surface area contributed by atoms with Crippen molar-refractivity contribution >= 4 is 5.91 Å². The normalized spacial score (nSPS) is 13.0. The van der Waals surface area contributed by atoms with Crippen LogP contribution in [0.4, 0.5) is 0 Å². The van der Waals surface area contributed by atoms with Gasteiger partial charge in [0.25, 0.3) is 5.91 Å². The van der Waals surface area contributed by atoms with Gasteiger partial charge in [0.15, 0.2) is 0 Å². The molecule has 0 saturated heterocycles. The van der Waals surface area contributed by atoms with Gasteiger partial charge in [-0.1, -0.05) is 12.1 Å². The van der Waals surface area contributed by atoms with Crippen molar-refractivity contribution in [1.29, 1.82) is 0 Å². The number of nitrogens with one attached hydrogen (secondary N) is 1. The van der Waals surface area contributed by atoms with Crippen molar-refractivity contribution in [3.63, 3.8) is 0 Å². The number of ether oxygens (including phenoxy) is 1. The number of carbonyl (C=O) groups excluding carboxylic acids is 1. The number of aryl methyl sites for hydroxylation is 2. The Balaban J connectivity index is 1.38. The number of hydrogen-bond acceptors (Lipinski definition) is 5. The predicted octanol–water partition coefficient (Wildman–Crippen LogP) is 2.83. The van der Waals surface area contributed by atoms with Crippen LogP contribution in [0.15, 0.2) is 36.7 Å². The molecule has 0 radical (unpaired) electrons. The molecule has 7 nitrogen and oxygen atoms in total. The van der Waals surface area contributed by atoms with Crippen molar-refractivity contribution in [3.8, 4) is 11.4 Å². The Morgan fingerprint density at radius 1 is 1.21 bits per heavy atom. The fraction of sp³-hybridized carbons (Fsp3) is 0.364. The van der Waals surface area contributed by atoms with Gasteiger partial charge in [-0.3, -0.25) is 4.79 Å². The highest BCUT2D eigenvalue weighted by molar-refractivity contribution is 5.93. The average molecular weight is 391 g/mol. The lowest BCUT2D eigenvalue weighted by atomic mass is 9.95. The molecule has 0 saturated carbocycles. The molecule has 29 heavy (non-hydrogen) atoms. The van der Waals surface area contributed by atoms with Crippen LogP contribution in [0.5, 0.6) is 5.75 Å². The highest BCUT2D eigenvalue weighted by Crippen LogP contribution is 2.22. The lowest BCUT2D eigenvalue weighted by Gasteiger charge is -2.17. The molecule has 0 atom stereocenters. The van der Waals surface area contributed by atoms with Crippen LogP contribution in [0, 0.1) is 6.92 Å². The molecule has 2 aromatic heterocycles. The maximum absolute atomic E-state index is 12.5. The predicted molar refractivity (Wildman–Crippen MR) is 110 cm³/mol. The van der Waals surface area contributed by atoms with E-state index >= 15 is 0 Å². The molecule has 7 heteroatoms. The Bertz CT molecular complexity index is 1030. The number of aromatic nitrogens is 4. The molecule has 1 aliphatic rings. The fourth-order valence-electron chi connectivity index (χ4n) is 3.74. The summed E-state index contributed by atoms with van der Waals surface area (Å²) in [5.41, 5.74) is 4.86. The quantitative estimate of drug-likeness (QED) is 0.699. The summed E-state index contributed by atoms with van der Waals surface area (Å²) in [5, 5.41) is 7.23. The molecule has 1 amide bonds. The molecule has 150 valence electrons. The van der Waals surface area contributed by atoms with E-state index in [0.29, 0.717) is 24.3 Å². The highest BCUT2D eigenvalue weighted by Gasteiger charge is 2.16. The summed E-state index contributed by atoms with van der Waals surface area (Å²) in [7, 11) is 1.61. The maximum Gasteiger partial charge on any atom is 0.254 e. The summed E-state index contributed by atoms with van der Waals surface area (Å²) in [6.45, 7) is 2.54. The van der Waals surface area contributed by atoms with E-state index in [-0.39, 0.29) is 5.91 Å². The molecule has 0 fully saturated rings. The zero-order valence-electron chi connectivity index (χ0n) is 16.8. The van der Waals surface area contributed by atoms with Crippen molar-refractivity contribution in [3.05, 3.63) is 65.0 Å². The van der Waals surface area contributed by atoms with E-state index < -0.39 is 0 Å². The van der Waals surface area contributed by atoms with Gasteiger partial charge >= 0.3 is 0 Å². The molecule has 0 spiro atoms. The van der Waals surface area contributed by atoms with E-state index in [4.69, 9.17) is 9.72 Å². The molecule has 2 heterocycles. The van der Waals surface area contributed by atoms with Crippen molar-refractivity contribution in [2.75, 3.05) is 13.7 Å². The van der Waals surface area contributed by atoms with Crippen LogP contribution in [0.2, 0.25) is 0 Å². The third kappa shape index (κ3) is 4.13. The monoisotopic (exact) mass is 391 g/mol. The Hall–Kier alpha value is -3.22. The number of para-hydroxylation sites is 2. The van der Waals surface area contributed by atoms with E-state index in [9.17, 15) is 4.79 Å². The van der Waals surface area contributed by atoms with E-state index in [1.165, 1.54) is 24.1 Å². The molecule has 0 aliphatic heterocycles. The van der Waals surface area contributed by atoms with E-state index in [1.54, 1.807) is 24.2 Å². The van der Waals surface area contributed by atoms with E-state index in [1.807, 2.05) is 24.3 Å². The Morgan fingerprint density at radius 3 is 2.90 bits per heavy atom. The molecule has 0 bridgehead atoms. The third-order valence-electron chi connectivity index (χ3n) is 5.25. The van der Waals surface area contributed by atoms with Crippen LogP contribution in [0.1, 0.15) is 46.0 Å². The van der Waals surface area contributed by atoms with Gasteiger partial charge in [-0.05, 0) is 50.3 Å². The summed E-state index contributed by atoms with van der Waals surface area (Å²) >= 11 is 0. The largest absolute Gasteiger partial charge is 0.494 e. The first-order chi connectivity index (χ1) is 14.2. The standard InChI is InChI=1S/C22H25N5O2/c1-15-17-7-3-4-8-18(17)26-21(25-15)11-12-23-22(28)16-13-24-27(14-16)19-9-5-6-10-20(19)29-2/h5-6,9-10,13-14H,3-4,7-8,11-12H2,1-2H3,(H,23,28). The van der Waals surface area contributed by atoms with E-state index in [2.05, 4.69) is 22.3 Å². The molecule has 4 rings (SSSR count). The lowest BCUT2D eigenvalue weighted by molar-refractivity contribution is 0.0954. The smallest absolute Gasteiger partial charge is 0.254 e. The summed E-state index contributed by atoms with van der Waals surface area (Å²) in [5.74, 6) is 1.33. The molecule has 1 aromatic carbocycles. The molecular weight excluding hydrogens is 366 g/mol. The average Bonchev–Trinajstić information content (AvgIpc) is 3.24. The van der Waals surface area contributed by atoms with Gasteiger partial charge in [0.1, 0.15) is 17.3 Å². The summed E-state index contributed by atoms with van der Waals surface area (Å²) in [6, 6.07) is 7.55. The van der Waals surface area contributed by atoms with Crippen molar-refractivity contribution < 1.29 is 9.53 Å². The number of amides is 1. The second-order valence-electron chi connectivity index (χ2n) is 7.21. The van der Waals surface area contributed by atoms with Crippen LogP contribution >= 0.6 is 0 Å². The summed E-state index contributed by atoms with van der Waals surface area (Å²) in [4.78, 5) is 21.8. The van der Waals surface area contributed by atoms with Gasteiger partial charge in [-0.2, -0.15) is 5.10 Å². The van der Waals surface area contributed by atoms with E-state index in [0.717, 1.165) is 30.0 Å². The number of nitrogens with zero attached hydrogens (tertiary/aromatic N) is 4. The van der Waals surface area contributed by atoms with Crippen LogP contribution in [-0.4, -0.2) is 39.3 Å². The second kappa shape index (κ2) is 8.43. The van der Waals surface area contributed by atoms with Gasteiger partial charge in [0.2, 0.25) is 0 Å². The molecule has 1 aliphatic carbocycles. The van der Waals surface area contributed by atoms with Gasteiger partial charge in [-0.15, -0.1) is 0 Å². The van der Waals surface area contributed by atoms with Gasteiger partial charge < -0.3 is 10.1 Å². The summed E-state index contributed by atoms with van der Waals surface area (Å²) < 4.78 is 7.00. The molecule has 3 aromatic rings. The van der Waals surface area contributed by atoms with Gasteiger partial charge in [-0.25, -0.2) is 14.6 Å². The first-order valence-corrected chi connectivity index (χ1v) is 9.97. The van der Waals surface area contributed by atoms with Crippen LogP contribution in [0.25, 0.3) is 5.69 Å². The molecule has 1 N–H and O–H groups in total. The minimum absolute atomic E-state index is 0.166. The first kappa shape index (κ1) is 19.1. The molecular formula is C22H25N5O2. The van der Waals surface area contributed by atoms with Crippen molar-refractivity contribution in [2.24, 2.45) is 0 Å². The second-order valence-corrected chi connectivity index (χ2v) is 7.21. The van der Waals surface area contributed by atoms with Gasteiger partial charge in [0.05, 0.1) is 18.9 Å². The lowest BCUT2D eigenvalue weighted by Crippen LogP contribution is -2.26. The number of carbonyl (C=O) groups is 1. The number of rotatable bonds is 6. The SMILES string of the molecule is COc1ccccc1-n1cc(C(=O)NCCc2nc(C)c3c(n2)CCCC3)cn1. The Kier molecular flexibility index (Phi) is 5.55. The fourth-order valence-corrected chi connectivity index (χ4v) is 3.74. The zero-order valence-corrected chi connectivity index (χ0v) is 16.8. The maximum atomic E-state index is 12.5. The van der Waals surface area contributed by atoms with Crippen LogP contribution < -0.4 is 10.1 Å². The van der Waals surface area contributed by atoms with Crippen molar-refractivity contribution in [1.82, 2.24) is 25.1 Å². The Morgan fingerprint density at radius 2 is 2.03 bits per heavy atom. The Labute approximate surface area is 170 Å². The van der Waals surface area contributed by atoms with Crippen LogP contribution in [0.3, 0.4) is 0 Å². The number of fused-ring (bicyclic) bond motifs is 1. The number of hydrogen-bond donors (Lipinski definition) is 1. The number of methoxy groups -OCH3 is 1. The first-order valence-electron chi connectivity index (χ1n) is 9.97.